The third kappa shape index (κ3) is 8.75. The van der Waals surface area contributed by atoms with Gasteiger partial charge in [0.15, 0.2) is 0 Å². The summed E-state index contributed by atoms with van der Waals surface area (Å²) in [5.74, 6) is -2.33. The molecule has 0 aromatic heterocycles. The first-order valence-corrected chi connectivity index (χ1v) is 11.2. The molecule has 0 spiro atoms. The highest BCUT2D eigenvalue weighted by Crippen LogP contribution is 2.45. The number of hydrogen-bond donors (Lipinski definition) is 2. The van der Waals surface area contributed by atoms with E-state index in [1.165, 1.54) is 25.7 Å². The van der Waals surface area contributed by atoms with Gasteiger partial charge in [-0.25, -0.2) is 0 Å². The van der Waals surface area contributed by atoms with Crippen molar-refractivity contribution in [2.24, 2.45) is 10.8 Å². The summed E-state index contributed by atoms with van der Waals surface area (Å²) in [6.45, 7) is 7.24. The van der Waals surface area contributed by atoms with E-state index in [0.29, 0.717) is 12.8 Å². The van der Waals surface area contributed by atoms with Crippen molar-refractivity contribution in [1.29, 1.82) is 0 Å². The van der Waals surface area contributed by atoms with Crippen LogP contribution in [0.25, 0.3) is 0 Å². The molecule has 8 radical (unpaired) electrons. The minimum atomic E-state index is -1.70. The van der Waals surface area contributed by atoms with Crippen molar-refractivity contribution in [3.63, 3.8) is 0 Å². The fraction of sp³-hybridized carbons (Fsp3) is 0.909. The Hall–Kier alpha value is -0.800. The zero-order valence-electron chi connectivity index (χ0n) is 19.5. The highest BCUT2D eigenvalue weighted by molar-refractivity contribution is 6.50. The van der Waals surface area contributed by atoms with E-state index in [2.05, 4.69) is 0 Å². The van der Waals surface area contributed by atoms with Gasteiger partial charge in [-0.3, -0.25) is 9.59 Å². The molecular formula is C22H38B4O4. The van der Waals surface area contributed by atoms with Crippen molar-refractivity contribution >= 4 is 43.3 Å². The summed E-state index contributed by atoms with van der Waals surface area (Å²) in [5.41, 5.74) is -1.29. The Labute approximate surface area is 189 Å². The minimum Gasteiger partial charge on any atom is -0.482 e. The molecule has 0 aliphatic heterocycles. The second-order valence-electron chi connectivity index (χ2n) is 10.2. The van der Waals surface area contributed by atoms with Crippen LogP contribution in [-0.2, 0) is 9.59 Å². The number of carbonyl (C=O) groups is 2. The van der Waals surface area contributed by atoms with Crippen LogP contribution in [0.15, 0.2) is 0 Å². The summed E-state index contributed by atoms with van der Waals surface area (Å²) in [5, 5.41) is 14.9. The van der Waals surface area contributed by atoms with Crippen LogP contribution in [0.5, 0.6) is 0 Å². The van der Waals surface area contributed by atoms with Crippen LogP contribution in [0.1, 0.15) is 105 Å². The molecule has 0 aromatic carbocycles. The van der Waals surface area contributed by atoms with E-state index in [4.69, 9.17) is 41.6 Å². The Kier molecular flexibility index (Phi) is 12.0. The molecule has 0 aliphatic carbocycles. The van der Waals surface area contributed by atoms with Crippen LogP contribution in [0.3, 0.4) is 0 Å². The van der Waals surface area contributed by atoms with Crippen molar-refractivity contribution in [2.75, 3.05) is 0 Å². The lowest BCUT2D eigenvalue weighted by molar-refractivity contribution is -0.142. The van der Waals surface area contributed by atoms with Gasteiger partial charge in [-0.15, -0.1) is 0 Å². The van der Waals surface area contributed by atoms with Gasteiger partial charge in [-0.05, 0) is 34.1 Å². The van der Waals surface area contributed by atoms with E-state index < -0.39 is 33.2 Å². The molecule has 0 saturated heterocycles. The highest BCUT2D eigenvalue weighted by atomic mass is 16.4. The number of hydrogen-bond acceptors (Lipinski definition) is 2. The molecular weight excluding hydrogens is 371 g/mol. The molecule has 0 unspecified atom stereocenters. The van der Waals surface area contributed by atoms with Crippen LogP contribution in [0, 0.1) is 10.8 Å². The molecule has 8 heteroatoms. The predicted octanol–water partition coefficient (Wildman–Crippen LogP) is 4.80. The number of rotatable bonds is 17. The minimum absolute atomic E-state index is 0.647. The largest absolute Gasteiger partial charge is 0.482 e. The van der Waals surface area contributed by atoms with Gasteiger partial charge in [0, 0.05) is 0 Å². The van der Waals surface area contributed by atoms with Gasteiger partial charge in [-0.1, -0.05) is 91.9 Å². The van der Waals surface area contributed by atoms with E-state index >= 15 is 0 Å². The van der Waals surface area contributed by atoms with Gasteiger partial charge in [0.05, 0.1) is 31.4 Å². The maximum absolute atomic E-state index is 11.2. The lowest BCUT2D eigenvalue weighted by Crippen LogP contribution is -2.39. The van der Waals surface area contributed by atoms with Crippen LogP contribution in [0.2, 0.25) is 10.4 Å². The van der Waals surface area contributed by atoms with Gasteiger partial charge >= 0.3 is 0 Å². The number of carboxylic acid groups (broad SMARTS) is 2. The molecule has 0 rings (SSSR count). The van der Waals surface area contributed by atoms with Gasteiger partial charge in [0.1, 0.15) is 0 Å². The summed E-state index contributed by atoms with van der Waals surface area (Å²) in [7, 11) is 23.1. The Balaban J connectivity index is 3.77. The summed E-state index contributed by atoms with van der Waals surface area (Å²) < 4.78 is 0. The summed E-state index contributed by atoms with van der Waals surface area (Å²) in [6, 6.07) is 0. The molecule has 0 atom stereocenters. The van der Waals surface area contributed by atoms with E-state index in [1.54, 1.807) is 0 Å². The Morgan fingerprint density at radius 2 is 0.733 bits per heavy atom. The topological polar surface area (TPSA) is 74.6 Å². The second kappa shape index (κ2) is 12.3. The summed E-state index contributed by atoms with van der Waals surface area (Å²) >= 11 is 0. The summed E-state index contributed by atoms with van der Waals surface area (Å²) in [6.07, 6.45) is 12.3. The first-order valence-electron chi connectivity index (χ1n) is 11.2. The van der Waals surface area contributed by atoms with Gasteiger partial charge in [0.2, 0.25) is 0 Å². The molecule has 0 heterocycles. The van der Waals surface area contributed by atoms with Gasteiger partial charge < -0.3 is 10.2 Å². The molecule has 30 heavy (non-hydrogen) atoms. The van der Waals surface area contributed by atoms with Gasteiger partial charge in [-0.2, -0.15) is 0 Å². The molecule has 0 amide bonds. The van der Waals surface area contributed by atoms with Crippen LogP contribution in [-0.4, -0.2) is 53.5 Å². The Morgan fingerprint density at radius 3 is 0.933 bits per heavy atom. The van der Waals surface area contributed by atoms with E-state index in [9.17, 15) is 9.59 Å². The van der Waals surface area contributed by atoms with Crippen molar-refractivity contribution in [3.8, 4) is 0 Å². The van der Waals surface area contributed by atoms with Crippen LogP contribution in [0.4, 0.5) is 0 Å². The quantitative estimate of drug-likeness (QED) is 0.267. The van der Waals surface area contributed by atoms with Crippen LogP contribution < -0.4 is 0 Å². The zero-order valence-corrected chi connectivity index (χ0v) is 19.5. The monoisotopic (exact) mass is 410 g/mol. The van der Waals surface area contributed by atoms with Crippen molar-refractivity contribution in [3.05, 3.63) is 0 Å². The normalized spacial score (nSPS) is 13.3. The SMILES string of the molecule is [B]C([B])(C(=O)O)C(C)(C)CCCCCCCCCCCCC(C)(C)C([B])([B])C(=O)O. The summed E-state index contributed by atoms with van der Waals surface area (Å²) in [4.78, 5) is 22.4. The fourth-order valence-corrected chi connectivity index (χ4v) is 3.54. The Bertz CT molecular complexity index is 497. The average Bonchev–Trinajstić information content (AvgIpc) is 2.61. The molecule has 4 nitrogen and oxygen atoms in total. The molecule has 0 aliphatic rings. The van der Waals surface area contributed by atoms with Crippen molar-refractivity contribution < 1.29 is 19.8 Å². The molecule has 0 fully saturated rings. The fourth-order valence-electron chi connectivity index (χ4n) is 3.54. The molecule has 0 saturated carbocycles. The van der Waals surface area contributed by atoms with Crippen molar-refractivity contribution in [2.45, 2.75) is 115 Å². The first-order chi connectivity index (χ1) is 13.6. The standard InChI is InChI=1S/C22H38B4O4/c1-19(2,21(23,24)17(27)28)15-13-11-9-7-5-6-8-10-12-14-16-20(3,4)22(25,26)18(29)30/h5-16H2,1-4H3,(H,27,28)(H,29,30). The number of unbranched alkanes of at least 4 members (excludes halogenated alkanes) is 9. The average molecular weight is 410 g/mol. The molecule has 0 bridgehead atoms. The van der Waals surface area contributed by atoms with E-state index in [-0.39, 0.29) is 0 Å². The smallest absolute Gasteiger partial charge is 0.292 e. The van der Waals surface area contributed by atoms with E-state index in [1.807, 2.05) is 27.7 Å². The van der Waals surface area contributed by atoms with E-state index in [0.717, 1.165) is 38.5 Å². The maximum Gasteiger partial charge on any atom is 0.292 e. The lowest BCUT2D eigenvalue weighted by atomic mass is 9.42. The highest BCUT2D eigenvalue weighted by Gasteiger charge is 2.42. The maximum atomic E-state index is 11.2. The number of aliphatic carboxylic acids is 2. The molecule has 162 valence electrons. The third-order valence-electron chi connectivity index (χ3n) is 6.80. The Morgan fingerprint density at radius 1 is 0.533 bits per heavy atom. The van der Waals surface area contributed by atoms with Gasteiger partial charge in [0.25, 0.3) is 11.9 Å². The van der Waals surface area contributed by atoms with Crippen LogP contribution >= 0.6 is 0 Å². The third-order valence-corrected chi connectivity index (χ3v) is 6.80. The number of carboxylic acids is 2. The molecule has 0 aromatic rings. The van der Waals surface area contributed by atoms with Crippen molar-refractivity contribution in [1.82, 2.24) is 0 Å². The lowest BCUT2D eigenvalue weighted by Gasteiger charge is -2.39. The second-order valence-corrected chi connectivity index (χ2v) is 10.2. The first kappa shape index (κ1) is 29.2. The molecule has 2 N–H and O–H groups in total. The zero-order chi connectivity index (χ0) is 23.6. The predicted molar refractivity (Wildman–Crippen MR) is 127 cm³/mol.